The molecule has 0 aliphatic carbocycles. The van der Waals surface area contributed by atoms with E-state index < -0.39 is 5.63 Å². The molecule has 0 atom stereocenters. The second kappa shape index (κ2) is 6.06. The summed E-state index contributed by atoms with van der Waals surface area (Å²) in [7, 11) is 0. The Kier molecular flexibility index (Phi) is 3.75. The van der Waals surface area contributed by atoms with Crippen LogP contribution in [0.15, 0.2) is 63.8 Å². The highest BCUT2D eigenvalue weighted by Crippen LogP contribution is 2.34. The first kappa shape index (κ1) is 14.8. The third-order valence-electron chi connectivity index (χ3n) is 3.87. The molecular weight excluding hydrogens is 328 g/mol. The average molecular weight is 341 g/mol. The molecule has 0 N–H and O–H groups in total. The van der Waals surface area contributed by atoms with E-state index in [2.05, 4.69) is 0 Å². The van der Waals surface area contributed by atoms with Crippen molar-refractivity contribution in [1.29, 1.82) is 0 Å². The highest BCUT2D eigenvalue weighted by molar-refractivity contribution is 6.32. The van der Waals surface area contributed by atoms with Crippen LogP contribution in [-0.4, -0.2) is 13.2 Å². The van der Waals surface area contributed by atoms with Gasteiger partial charge in [-0.1, -0.05) is 41.9 Å². The first-order valence-corrected chi connectivity index (χ1v) is 7.87. The van der Waals surface area contributed by atoms with E-state index in [1.807, 2.05) is 36.4 Å². The van der Waals surface area contributed by atoms with Gasteiger partial charge in [0.1, 0.15) is 24.5 Å². The number of ether oxygens (including phenoxy) is 2. The second-order valence-electron chi connectivity index (χ2n) is 5.35. The predicted octanol–water partition coefficient (Wildman–Crippen LogP) is 4.30. The van der Waals surface area contributed by atoms with Gasteiger partial charge in [-0.15, -0.1) is 0 Å². The van der Waals surface area contributed by atoms with Crippen LogP contribution in [0, 0.1) is 0 Å². The van der Waals surface area contributed by atoms with Gasteiger partial charge in [-0.25, -0.2) is 4.79 Å². The van der Waals surface area contributed by atoms with Crippen LogP contribution in [-0.2, 0) is 0 Å². The quantitative estimate of drug-likeness (QED) is 0.667. The van der Waals surface area contributed by atoms with Crippen LogP contribution < -0.4 is 15.1 Å². The van der Waals surface area contributed by atoms with E-state index >= 15 is 0 Å². The van der Waals surface area contributed by atoms with Gasteiger partial charge in [0.2, 0.25) is 5.75 Å². The molecule has 0 amide bonds. The summed E-state index contributed by atoms with van der Waals surface area (Å²) < 4.78 is 16.7. The van der Waals surface area contributed by atoms with E-state index in [4.69, 9.17) is 25.5 Å². The number of rotatable bonds is 3. The van der Waals surface area contributed by atoms with E-state index in [1.165, 1.54) is 0 Å². The highest BCUT2D eigenvalue weighted by atomic mass is 35.5. The van der Waals surface area contributed by atoms with Crippen LogP contribution >= 0.6 is 11.6 Å². The fourth-order valence-corrected chi connectivity index (χ4v) is 2.95. The summed E-state index contributed by atoms with van der Waals surface area (Å²) in [5, 5.41) is 1.36. The number of benzene rings is 2. The maximum Gasteiger partial charge on any atom is 0.379 e. The summed E-state index contributed by atoms with van der Waals surface area (Å²) in [6.07, 6.45) is 1.91. The summed E-state index contributed by atoms with van der Waals surface area (Å²) in [5.74, 6) is 0.828. The molecule has 2 aromatic carbocycles. The van der Waals surface area contributed by atoms with Crippen molar-refractivity contribution in [2.75, 3.05) is 13.2 Å². The summed E-state index contributed by atoms with van der Waals surface area (Å²) in [5.41, 5.74) is 1.64. The molecule has 0 spiro atoms. The van der Waals surface area contributed by atoms with Gasteiger partial charge in [-0.2, -0.15) is 0 Å². The minimum Gasteiger partial charge on any atom is -0.487 e. The zero-order valence-corrected chi connectivity index (χ0v) is 13.4. The Bertz CT molecular complexity index is 1000. The van der Waals surface area contributed by atoms with Gasteiger partial charge in [0.25, 0.3) is 0 Å². The summed E-state index contributed by atoms with van der Waals surface area (Å²) >= 11 is 6.13. The minimum atomic E-state index is -0.480. The molecule has 5 heteroatoms. The second-order valence-corrected chi connectivity index (χ2v) is 5.76. The lowest BCUT2D eigenvalue weighted by atomic mass is 10.00. The van der Waals surface area contributed by atoms with Gasteiger partial charge in [0, 0.05) is 16.5 Å². The molecule has 4 nitrogen and oxygen atoms in total. The Morgan fingerprint density at radius 1 is 1.08 bits per heavy atom. The Hall–Kier alpha value is -2.72. The number of hydrogen-bond donors (Lipinski definition) is 0. The summed E-state index contributed by atoms with van der Waals surface area (Å²) in [4.78, 5) is 12.2. The molecule has 120 valence electrons. The Morgan fingerprint density at radius 2 is 1.88 bits per heavy atom. The van der Waals surface area contributed by atoms with E-state index in [0.717, 1.165) is 16.5 Å². The molecule has 24 heavy (non-hydrogen) atoms. The van der Waals surface area contributed by atoms with Crippen molar-refractivity contribution in [2.24, 2.45) is 0 Å². The van der Waals surface area contributed by atoms with Gasteiger partial charge in [0.05, 0.1) is 5.02 Å². The van der Waals surface area contributed by atoms with Crippen molar-refractivity contribution in [3.05, 3.63) is 75.6 Å². The number of halogens is 1. The van der Waals surface area contributed by atoms with Crippen LogP contribution in [0.5, 0.6) is 11.5 Å². The van der Waals surface area contributed by atoms with Crippen LogP contribution in [0.2, 0.25) is 5.02 Å². The average Bonchev–Trinajstić information content (AvgIpc) is 2.61. The van der Waals surface area contributed by atoms with E-state index in [0.29, 0.717) is 23.0 Å². The fourth-order valence-electron chi connectivity index (χ4n) is 2.76. The van der Waals surface area contributed by atoms with Crippen LogP contribution in [0.25, 0.3) is 16.5 Å². The standard InChI is InChI=1S/C19H13ClO4/c20-14-6-2-4-8-16(14)23-11-12-9-10-22-18-17(12)13-5-1-3-7-15(13)24-19(18)21/h1-9H,10-11H2. The van der Waals surface area contributed by atoms with Gasteiger partial charge in [0.15, 0.2) is 0 Å². The maximum absolute atomic E-state index is 12.2. The lowest BCUT2D eigenvalue weighted by Gasteiger charge is -2.19. The first-order valence-electron chi connectivity index (χ1n) is 7.49. The van der Waals surface area contributed by atoms with Crippen LogP contribution in [0.1, 0.15) is 5.56 Å². The van der Waals surface area contributed by atoms with Gasteiger partial charge < -0.3 is 13.9 Å². The normalized spacial score (nSPS) is 13.1. The zero-order chi connectivity index (χ0) is 16.5. The summed E-state index contributed by atoms with van der Waals surface area (Å²) in [6.45, 7) is 0.588. The fraction of sp³-hybridized carbons (Fsp3) is 0.105. The minimum absolute atomic E-state index is 0.231. The molecular formula is C19H13ClO4. The molecule has 3 aromatic rings. The Morgan fingerprint density at radius 3 is 2.75 bits per heavy atom. The van der Waals surface area contributed by atoms with Crippen LogP contribution in [0.4, 0.5) is 0 Å². The van der Waals surface area contributed by atoms with E-state index in [-0.39, 0.29) is 12.4 Å². The largest absolute Gasteiger partial charge is 0.487 e. The number of fused-ring (bicyclic) bond motifs is 3. The maximum atomic E-state index is 12.2. The number of hydrogen-bond acceptors (Lipinski definition) is 4. The molecule has 0 saturated heterocycles. The zero-order valence-electron chi connectivity index (χ0n) is 12.6. The monoisotopic (exact) mass is 340 g/mol. The summed E-state index contributed by atoms with van der Waals surface area (Å²) in [6, 6.07) is 14.7. The smallest absolute Gasteiger partial charge is 0.379 e. The third-order valence-corrected chi connectivity index (χ3v) is 4.18. The van der Waals surface area contributed by atoms with Crippen molar-refractivity contribution in [1.82, 2.24) is 0 Å². The molecule has 0 unspecified atom stereocenters. The molecule has 2 heterocycles. The topological polar surface area (TPSA) is 48.7 Å². The highest BCUT2D eigenvalue weighted by Gasteiger charge is 2.22. The van der Waals surface area contributed by atoms with Gasteiger partial charge in [-0.3, -0.25) is 0 Å². The molecule has 0 fully saturated rings. The van der Waals surface area contributed by atoms with Crippen LogP contribution in [0.3, 0.4) is 0 Å². The van der Waals surface area contributed by atoms with Crippen molar-refractivity contribution in [3.8, 4) is 11.5 Å². The Labute approximate surface area is 142 Å². The van der Waals surface area contributed by atoms with E-state index in [1.54, 1.807) is 18.2 Å². The molecule has 4 rings (SSSR count). The van der Waals surface area contributed by atoms with Crippen molar-refractivity contribution in [2.45, 2.75) is 0 Å². The van der Waals surface area contributed by atoms with Crippen molar-refractivity contribution < 1.29 is 13.9 Å². The predicted molar refractivity (Wildman–Crippen MR) is 92.9 cm³/mol. The van der Waals surface area contributed by atoms with Crippen molar-refractivity contribution >= 4 is 28.1 Å². The van der Waals surface area contributed by atoms with Gasteiger partial charge >= 0.3 is 5.63 Å². The third kappa shape index (κ3) is 2.55. The molecule has 0 saturated carbocycles. The molecule has 1 aromatic heterocycles. The van der Waals surface area contributed by atoms with E-state index in [9.17, 15) is 4.79 Å². The number of para-hydroxylation sites is 2. The molecule has 1 aliphatic heterocycles. The lowest BCUT2D eigenvalue weighted by molar-refractivity contribution is 0.328. The van der Waals surface area contributed by atoms with Crippen molar-refractivity contribution in [3.63, 3.8) is 0 Å². The van der Waals surface area contributed by atoms with Gasteiger partial charge in [-0.05, 0) is 24.3 Å². The lowest BCUT2D eigenvalue weighted by Crippen LogP contribution is -2.17. The molecule has 1 aliphatic rings. The SMILES string of the molecule is O=c1oc2ccccc2c2c1OCC=C2COc1ccccc1Cl. The first-order chi connectivity index (χ1) is 11.7. The Balaban J connectivity index is 1.76. The molecule has 0 radical (unpaired) electrons. The molecule has 0 bridgehead atoms.